The Hall–Kier alpha value is -1.81. The molecule has 2 rings (SSSR count). The Morgan fingerprint density at radius 2 is 2.05 bits per heavy atom. The maximum Gasteiger partial charge on any atom is 0.320 e. The van der Waals surface area contributed by atoms with Crippen molar-refractivity contribution in [1.29, 1.82) is 0 Å². The molecule has 1 aromatic carbocycles. The molecule has 2 aromatic rings. The summed E-state index contributed by atoms with van der Waals surface area (Å²) in [7, 11) is 0. The number of hydrogen-bond acceptors (Lipinski definition) is 4. The summed E-state index contributed by atoms with van der Waals surface area (Å²) in [6.45, 7) is 6.34. The smallest absolute Gasteiger partial charge is 0.320 e. The van der Waals surface area contributed by atoms with Gasteiger partial charge in [0.15, 0.2) is 0 Å². The second kappa shape index (κ2) is 5.45. The van der Waals surface area contributed by atoms with Crippen LogP contribution in [-0.2, 0) is 16.1 Å². The number of rotatable bonds is 4. The predicted molar refractivity (Wildman–Crippen MR) is 73.8 cm³/mol. The number of fused-ring (bicyclic) bond motifs is 1. The third kappa shape index (κ3) is 3.83. The molecule has 1 heterocycles. The van der Waals surface area contributed by atoms with Crippen LogP contribution in [0.5, 0.6) is 0 Å². The molecule has 102 valence electrons. The van der Waals surface area contributed by atoms with Crippen LogP contribution >= 0.6 is 0 Å². The van der Waals surface area contributed by atoms with E-state index in [-0.39, 0.29) is 12.5 Å². The fourth-order valence-electron chi connectivity index (χ4n) is 1.85. The Labute approximate surface area is 112 Å². The van der Waals surface area contributed by atoms with Crippen LogP contribution in [0.15, 0.2) is 34.9 Å². The van der Waals surface area contributed by atoms with Crippen molar-refractivity contribution in [1.82, 2.24) is 5.32 Å². The normalized spacial score (nSPS) is 11.7. The first-order valence-corrected chi connectivity index (χ1v) is 6.33. The summed E-state index contributed by atoms with van der Waals surface area (Å²) in [5, 5.41) is 4.14. The lowest BCUT2D eigenvalue weighted by Gasteiger charge is -2.19. The first kappa shape index (κ1) is 13.6. The van der Waals surface area contributed by atoms with Gasteiger partial charge in [0.1, 0.15) is 11.2 Å². The molecular formula is C15H19NO3. The average molecular weight is 261 g/mol. The van der Waals surface area contributed by atoms with E-state index >= 15 is 0 Å². The van der Waals surface area contributed by atoms with Gasteiger partial charge in [-0.3, -0.25) is 4.79 Å². The van der Waals surface area contributed by atoms with Gasteiger partial charge in [0.2, 0.25) is 0 Å². The molecule has 0 radical (unpaired) electrons. The second-order valence-electron chi connectivity index (χ2n) is 5.45. The van der Waals surface area contributed by atoms with E-state index in [0.717, 1.165) is 16.5 Å². The van der Waals surface area contributed by atoms with Gasteiger partial charge in [-0.2, -0.15) is 0 Å². The van der Waals surface area contributed by atoms with Gasteiger partial charge in [-0.15, -0.1) is 0 Å². The largest absolute Gasteiger partial charge is 0.464 e. The molecule has 0 amide bonds. The van der Waals surface area contributed by atoms with E-state index in [0.29, 0.717) is 6.54 Å². The molecule has 0 saturated carbocycles. The van der Waals surface area contributed by atoms with E-state index in [1.54, 1.807) is 6.26 Å². The Morgan fingerprint density at radius 1 is 1.32 bits per heavy atom. The maximum absolute atomic E-state index is 11.5. The monoisotopic (exact) mass is 261 g/mol. The number of para-hydroxylation sites is 1. The van der Waals surface area contributed by atoms with Crippen LogP contribution in [0.25, 0.3) is 11.0 Å². The fourth-order valence-corrected chi connectivity index (χ4v) is 1.85. The molecule has 0 fully saturated rings. The highest BCUT2D eigenvalue weighted by atomic mass is 16.6. The molecule has 0 aliphatic heterocycles. The quantitative estimate of drug-likeness (QED) is 0.860. The molecule has 1 N–H and O–H groups in total. The van der Waals surface area contributed by atoms with Crippen LogP contribution in [0.3, 0.4) is 0 Å². The third-order valence-corrected chi connectivity index (χ3v) is 2.57. The second-order valence-corrected chi connectivity index (χ2v) is 5.45. The van der Waals surface area contributed by atoms with Gasteiger partial charge in [-0.1, -0.05) is 18.2 Å². The number of nitrogens with one attached hydrogen (secondary N) is 1. The van der Waals surface area contributed by atoms with Crippen molar-refractivity contribution < 1.29 is 13.9 Å². The Kier molecular flexibility index (Phi) is 3.90. The van der Waals surface area contributed by atoms with Crippen molar-refractivity contribution in [3.63, 3.8) is 0 Å². The van der Waals surface area contributed by atoms with Crippen LogP contribution in [0.1, 0.15) is 26.3 Å². The topological polar surface area (TPSA) is 51.5 Å². The maximum atomic E-state index is 11.5. The van der Waals surface area contributed by atoms with E-state index < -0.39 is 5.60 Å². The Bertz CT molecular complexity index is 566. The Balaban J connectivity index is 1.88. The van der Waals surface area contributed by atoms with Gasteiger partial charge in [0, 0.05) is 17.5 Å². The molecule has 0 aliphatic rings. The lowest BCUT2D eigenvalue weighted by molar-refractivity contribution is -0.153. The van der Waals surface area contributed by atoms with Crippen LogP contribution < -0.4 is 5.32 Å². The van der Waals surface area contributed by atoms with Crippen molar-refractivity contribution in [2.24, 2.45) is 0 Å². The summed E-state index contributed by atoms with van der Waals surface area (Å²) in [6.07, 6.45) is 1.72. The van der Waals surface area contributed by atoms with Gasteiger partial charge >= 0.3 is 5.97 Å². The van der Waals surface area contributed by atoms with Crippen molar-refractivity contribution in [2.45, 2.75) is 32.9 Å². The zero-order chi connectivity index (χ0) is 13.9. The van der Waals surface area contributed by atoms with Crippen LogP contribution in [0.2, 0.25) is 0 Å². The summed E-state index contributed by atoms with van der Waals surface area (Å²) in [5.74, 6) is -0.250. The number of benzene rings is 1. The van der Waals surface area contributed by atoms with Crippen molar-refractivity contribution in [2.75, 3.05) is 6.54 Å². The summed E-state index contributed by atoms with van der Waals surface area (Å²) in [6, 6.07) is 7.83. The van der Waals surface area contributed by atoms with E-state index in [9.17, 15) is 4.79 Å². The summed E-state index contributed by atoms with van der Waals surface area (Å²) in [4.78, 5) is 11.5. The minimum absolute atomic E-state index is 0.191. The molecular weight excluding hydrogens is 242 g/mol. The minimum Gasteiger partial charge on any atom is -0.464 e. The molecule has 0 unspecified atom stereocenters. The summed E-state index contributed by atoms with van der Waals surface area (Å²) >= 11 is 0. The lowest BCUT2D eigenvalue weighted by atomic mass is 10.2. The number of carbonyl (C=O) groups excluding carboxylic acids is 1. The molecule has 0 aliphatic carbocycles. The highest BCUT2D eigenvalue weighted by Crippen LogP contribution is 2.20. The zero-order valence-corrected chi connectivity index (χ0v) is 11.5. The minimum atomic E-state index is -0.443. The number of carbonyl (C=O) groups is 1. The Morgan fingerprint density at radius 3 is 2.79 bits per heavy atom. The van der Waals surface area contributed by atoms with E-state index in [2.05, 4.69) is 5.32 Å². The molecule has 0 saturated heterocycles. The van der Waals surface area contributed by atoms with Crippen LogP contribution in [0, 0.1) is 0 Å². The van der Waals surface area contributed by atoms with Crippen LogP contribution in [-0.4, -0.2) is 18.1 Å². The molecule has 0 spiro atoms. The predicted octanol–water partition coefficient (Wildman–Crippen LogP) is 2.86. The lowest BCUT2D eigenvalue weighted by Crippen LogP contribution is -2.31. The molecule has 1 aromatic heterocycles. The van der Waals surface area contributed by atoms with Gasteiger partial charge in [-0.25, -0.2) is 0 Å². The molecule has 19 heavy (non-hydrogen) atoms. The van der Waals surface area contributed by atoms with E-state index in [1.165, 1.54) is 0 Å². The summed E-state index contributed by atoms with van der Waals surface area (Å²) in [5.41, 5.74) is 1.46. The van der Waals surface area contributed by atoms with Crippen molar-refractivity contribution in [3.05, 3.63) is 36.1 Å². The first-order valence-electron chi connectivity index (χ1n) is 6.33. The van der Waals surface area contributed by atoms with E-state index in [4.69, 9.17) is 9.15 Å². The van der Waals surface area contributed by atoms with E-state index in [1.807, 2.05) is 45.0 Å². The third-order valence-electron chi connectivity index (χ3n) is 2.57. The zero-order valence-electron chi connectivity index (χ0n) is 11.5. The van der Waals surface area contributed by atoms with Crippen molar-refractivity contribution >= 4 is 16.9 Å². The molecule has 0 bridgehead atoms. The molecule has 4 nitrogen and oxygen atoms in total. The first-order chi connectivity index (χ1) is 8.96. The average Bonchev–Trinajstić information content (AvgIpc) is 2.70. The SMILES string of the molecule is CC(C)(C)OC(=O)CNCc1coc2ccccc12. The van der Waals surface area contributed by atoms with Crippen molar-refractivity contribution in [3.8, 4) is 0 Å². The highest BCUT2D eigenvalue weighted by Gasteiger charge is 2.15. The summed E-state index contributed by atoms with van der Waals surface area (Å²) < 4.78 is 10.7. The molecule has 0 atom stereocenters. The van der Waals surface area contributed by atoms with Gasteiger partial charge < -0.3 is 14.5 Å². The standard InChI is InChI=1S/C15H19NO3/c1-15(2,3)19-14(17)9-16-8-11-10-18-13-7-5-4-6-12(11)13/h4-7,10,16H,8-9H2,1-3H3. The fraction of sp³-hybridized carbons (Fsp3) is 0.400. The number of esters is 1. The highest BCUT2D eigenvalue weighted by molar-refractivity contribution is 5.80. The number of ether oxygens (including phenoxy) is 1. The van der Waals surface area contributed by atoms with Gasteiger partial charge in [0.05, 0.1) is 12.8 Å². The van der Waals surface area contributed by atoms with Gasteiger partial charge in [0.25, 0.3) is 0 Å². The number of hydrogen-bond donors (Lipinski definition) is 1. The number of furan rings is 1. The van der Waals surface area contributed by atoms with Gasteiger partial charge in [-0.05, 0) is 26.8 Å². The van der Waals surface area contributed by atoms with Crippen LogP contribution in [0.4, 0.5) is 0 Å². The molecule has 4 heteroatoms.